The van der Waals surface area contributed by atoms with Crippen LogP contribution in [0.5, 0.6) is 5.75 Å². The summed E-state index contributed by atoms with van der Waals surface area (Å²) in [6.07, 6.45) is -0.713. The molecular formula is C12H16FNO5S. The first-order chi connectivity index (χ1) is 9.03. The Hall–Kier alpha value is -1.83. The fourth-order valence-electron chi connectivity index (χ4n) is 1.37. The zero-order valence-corrected chi connectivity index (χ0v) is 12.4. The van der Waals surface area contributed by atoms with Crippen LogP contribution in [0.15, 0.2) is 23.1 Å². The molecule has 0 aromatic heterocycles. The minimum absolute atomic E-state index is 0.207. The van der Waals surface area contributed by atoms with Crippen LogP contribution in [0.25, 0.3) is 0 Å². The summed E-state index contributed by atoms with van der Waals surface area (Å²) >= 11 is 0. The second-order valence-electron chi connectivity index (χ2n) is 4.93. The monoisotopic (exact) mass is 305 g/mol. The van der Waals surface area contributed by atoms with Gasteiger partial charge in [0.1, 0.15) is 16.2 Å². The first-order valence-corrected chi connectivity index (χ1v) is 7.04. The SMILES string of the molecule is COc1cc(NC(=O)OC(C)(C)C)ccc1S(=O)(=O)F. The highest BCUT2D eigenvalue weighted by atomic mass is 32.3. The summed E-state index contributed by atoms with van der Waals surface area (Å²) in [5.74, 6) is -0.207. The Kier molecular flexibility index (Phi) is 4.59. The van der Waals surface area contributed by atoms with Gasteiger partial charge in [0.2, 0.25) is 0 Å². The van der Waals surface area contributed by atoms with Crippen molar-refractivity contribution in [2.24, 2.45) is 0 Å². The van der Waals surface area contributed by atoms with Gasteiger partial charge in [0.05, 0.1) is 7.11 Å². The molecule has 112 valence electrons. The van der Waals surface area contributed by atoms with Crippen LogP contribution in [0.4, 0.5) is 14.4 Å². The highest BCUT2D eigenvalue weighted by molar-refractivity contribution is 7.86. The Morgan fingerprint density at radius 3 is 2.35 bits per heavy atom. The highest BCUT2D eigenvalue weighted by Gasteiger charge is 2.20. The second kappa shape index (κ2) is 5.66. The molecule has 0 heterocycles. The summed E-state index contributed by atoms with van der Waals surface area (Å²) in [7, 11) is -3.69. The molecule has 0 unspecified atom stereocenters. The molecule has 1 rings (SSSR count). The smallest absolute Gasteiger partial charge is 0.412 e. The summed E-state index contributed by atoms with van der Waals surface area (Å²) < 4.78 is 44.5. The van der Waals surface area contributed by atoms with Crippen molar-refractivity contribution < 1.29 is 26.6 Å². The fraction of sp³-hybridized carbons (Fsp3) is 0.417. The molecule has 0 aliphatic rings. The van der Waals surface area contributed by atoms with Crippen LogP contribution >= 0.6 is 0 Å². The van der Waals surface area contributed by atoms with Crippen LogP contribution in [0.2, 0.25) is 0 Å². The highest BCUT2D eigenvalue weighted by Crippen LogP contribution is 2.28. The number of hydrogen-bond acceptors (Lipinski definition) is 5. The van der Waals surface area contributed by atoms with Gasteiger partial charge in [0.25, 0.3) is 0 Å². The predicted octanol–water partition coefficient (Wildman–Crippen LogP) is 2.70. The maximum Gasteiger partial charge on any atom is 0.412 e. The summed E-state index contributed by atoms with van der Waals surface area (Å²) in [4.78, 5) is 10.9. The number of anilines is 1. The largest absolute Gasteiger partial charge is 0.495 e. The van der Waals surface area contributed by atoms with E-state index in [4.69, 9.17) is 9.47 Å². The number of rotatable bonds is 3. The van der Waals surface area contributed by atoms with E-state index in [0.29, 0.717) is 0 Å². The molecule has 1 aromatic rings. The predicted molar refractivity (Wildman–Crippen MR) is 71.1 cm³/mol. The van der Waals surface area contributed by atoms with E-state index in [9.17, 15) is 17.1 Å². The van der Waals surface area contributed by atoms with Gasteiger partial charge in [-0.05, 0) is 32.9 Å². The van der Waals surface area contributed by atoms with Crippen LogP contribution in [0.3, 0.4) is 0 Å². The lowest BCUT2D eigenvalue weighted by atomic mass is 10.2. The molecule has 0 bridgehead atoms. The zero-order chi connectivity index (χ0) is 15.6. The summed E-state index contributed by atoms with van der Waals surface area (Å²) in [5, 5.41) is 2.39. The van der Waals surface area contributed by atoms with Gasteiger partial charge in [-0.1, -0.05) is 0 Å². The second-order valence-corrected chi connectivity index (χ2v) is 6.25. The Bertz CT molecular complexity index is 607. The third-order valence-electron chi connectivity index (χ3n) is 2.07. The van der Waals surface area contributed by atoms with E-state index in [1.807, 2.05) is 0 Å². The lowest BCUT2D eigenvalue weighted by Gasteiger charge is -2.19. The van der Waals surface area contributed by atoms with E-state index >= 15 is 0 Å². The van der Waals surface area contributed by atoms with Crippen molar-refractivity contribution in [2.45, 2.75) is 31.3 Å². The van der Waals surface area contributed by atoms with Crippen molar-refractivity contribution in [3.63, 3.8) is 0 Å². The lowest BCUT2D eigenvalue weighted by molar-refractivity contribution is 0.0636. The number of carbonyl (C=O) groups excluding carboxylic acids is 1. The average Bonchev–Trinajstić information content (AvgIpc) is 2.24. The molecule has 8 heteroatoms. The molecule has 0 aliphatic carbocycles. The van der Waals surface area contributed by atoms with Gasteiger partial charge in [0.15, 0.2) is 0 Å². The van der Waals surface area contributed by atoms with Gasteiger partial charge >= 0.3 is 16.3 Å². The summed E-state index contributed by atoms with van der Waals surface area (Å²) in [5.41, 5.74) is -0.445. The number of nitrogens with one attached hydrogen (secondary N) is 1. The Morgan fingerprint density at radius 2 is 1.90 bits per heavy atom. The van der Waals surface area contributed by atoms with Gasteiger partial charge in [-0.3, -0.25) is 5.32 Å². The van der Waals surface area contributed by atoms with E-state index in [0.717, 1.165) is 6.07 Å². The van der Waals surface area contributed by atoms with Crippen molar-refractivity contribution in [2.75, 3.05) is 12.4 Å². The number of methoxy groups -OCH3 is 1. The van der Waals surface area contributed by atoms with Crippen LogP contribution in [0, 0.1) is 0 Å². The minimum Gasteiger partial charge on any atom is -0.495 e. The number of ether oxygens (including phenoxy) is 2. The van der Waals surface area contributed by atoms with Gasteiger partial charge in [-0.2, -0.15) is 8.42 Å². The average molecular weight is 305 g/mol. The van der Waals surface area contributed by atoms with Gasteiger partial charge in [0, 0.05) is 11.8 Å². The van der Waals surface area contributed by atoms with Crippen molar-refractivity contribution in [1.29, 1.82) is 0 Å². The van der Waals surface area contributed by atoms with Crippen LogP contribution < -0.4 is 10.1 Å². The Morgan fingerprint density at radius 1 is 1.30 bits per heavy atom. The number of halogens is 1. The molecule has 0 aliphatic heterocycles. The van der Waals surface area contributed by atoms with Crippen LogP contribution in [-0.4, -0.2) is 27.2 Å². The molecule has 1 amide bonds. The van der Waals surface area contributed by atoms with E-state index < -0.39 is 26.8 Å². The molecule has 0 radical (unpaired) electrons. The molecule has 0 atom stereocenters. The molecule has 1 N–H and O–H groups in total. The number of hydrogen-bond donors (Lipinski definition) is 1. The molecular weight excluding hydrogens is 289 g/mol. The van der Waals surface area contributed by atoms with Crippen LogP contribution in [0.1, 0.15) is 20.8 Å². The van der Waals surface area contributed by atoms with Gasteiger partial charge in [-0.25, -0.2) is 4.79 Å². The van der Waals surface area contributed by atoms with Crippen molar-refractivity contribution in [3.8, 4) is 5.75 Å². The third kappa shape index (κ3) is 4.69. The maximum absolute atomic E-state index is 13.0. The van der Waals surface area contributed by atoms with Crippen LogP contribution in [-0.2, 0) is 15.0 Å². The van der Waals surface area contributed by atoms with Crippen molar-refractivity contribution in [1.82, 2.24) is 0 Å². The van der Waals surface area contributed by atoms with Gasteiger partial charge in [-0.15, -0.1) is 3.89 Å². The van der Waals surface area contributed by atoms with E-state index in [1.54, 1.807) is 20.8 Å². The number of benzene rings is 1. The van der Waals surface area contributed by atoms with E-state index in [2.05, 4.69) is 5.32 Å². The quantitative estimate of drug-likeness (QED) is 0.868. The third-order valence-corrected chi connectivity index (χ3v) is 2.93. The van der Waals surface area contributed by atoms with E-state index in [-0.39, 0.29) is 11.4 Å². The molecule has 0 saturated carbocycles. The molecule has 1 aromatic carbocycles. The normalized spacial score (nSPS) is 11.8. The first-order valence-electron chi connectivity index (χ1n) is 5.65. The fourth-order valence-corrected chi connectivity index (χ4v) is 1.98. The number of carbonyl (C=O) groups is 1. The summed E-state index contributed by atoms with van der Waals surface area (Å²) in [6.45, 7) is 5.10. The maximum atomic E-state index is 13.0. The van der Waals surface area contributed by atoms with E-state index in [1.165, 1.54) is 19.2 Å². The molecule has 0 saturated heterocycles. The summed E-state index contributed by atoms with van der Waals surface area (Å²) in [6, 6.07) is 3.43. The van der Waals surface area contributed by atoms with Gasteiger partial charge < -0.3 is 9.47 Å². The minimum atomic E-state index is -4.89. The molecule has 0 fully saturated rings. The standard InChI is InChI=1S/C12H16FNO5S/c1-12(2,3)19-11(15)14-8-5-6-10(20(13,16)17)9(7-8)18-4/h5-7H,1-4H3,(H,14,15). The Labute approximate surface area is 117 Å². The van der Waals surface area contributed by atoms with Crippen molar-refractivity contribution >= 4 is 22.0 Å². The molecule has 0 spiro atoms. The topological polar surface area (TPSA) is 81.7 Å². The lowest BCUT2D eigenvalue weighted by Crippen LogP contribution is -2.27. The first kappa shape index (κ1) is 16.2. The number of amides is 1. The molecule has 6 nitrogen and oxygen atoms in total. The zero-order valence-electron chi connectivity index (χ0n) is 11.6. The Balaban J connectivity index is 2.98. The molecule has 20 heavy (non-hydrogen) atoms. The van der Waals surface area contributed by atoms with Crippen molar-refractivity contribution in [3.05, 3.63) is 18.2 Å².